The second kappa shape index (κ2) is 8.54. The number of aryl methyl sites for hydroxylation is 1. The first kappa shape index (κ1) is 20.0. The molecule has 0 atom stereocenters. The molecule has 2 amide bonds. The van der Waals surface area contributed by atoms with Gasteiger partial charge in [0.1, 0.15) is 5.54 Å². The van der Waals surface area contributed by atoms with E-state index in [0.29, 0.717) is 30.2 Å². The van der Waals surface area contributed by atoms with Crippen molar-refractivity contribution >= 4 is 22.6 Å². The zero-order valence-electron chi connectivity index (χ0n) is 16.6. The van der Waals surface area contributed by atoms with Gasteiger partial charge < -0.3 is 10.6 Å². The molecule has 2 aromatic rings. The summed E-state index contributed by atoms with van der Waals surface area (Å²) in [6, 6.07) is 6.93. The van der Waals surface area contributed by atoms with E-state index in [2.05, 4.69) is 22.7 Å². The molecule has 0 radical (unpaired) electrons. The zero-order valence-corrected chi connectivity index (χ0v) is 16.6. The van der Waals surface area contributed by atoms with Crippen LogP contribution in [0.15, 0.2) is 29.1 Å². The standard InChI is InChI=1S/C21H28N4O3/c1-3-4-14-22-20(28)21(12-8-5-9-13-21)23-18(26)17-15-10-6-7-11-16(15)19(27)25(2)24-17/h6-7,10-11H,3-5,8-9,12-14H2,1-2H3,(H,22,28)(H,23,26). The highest BCUT2D eigenvalue weighted by atomic mass is 16.2. The van der Waals surface area contributed by atoms with Gasteiger partial charge in [-0.2, -0.15) is 5.10 Å². The molecule has 1 aromatic carbocycles. The van der Waals surface area contributed by atoms with Crippen LogP contribution in [-0.2, 0) is 11.8 Å². The molecule has 1 aliphatic carbocycles. The van der Waals surface area contributed by atoms with Gasteiger partial charge in [-0.3, -0.25) is 14.4 Å². The van der Waals surface area contributed by atoms with E-state index in [0.717, 1.165) is 32.1 Å². The van der Waals surface area contributed by atoms with Crippen LogP contribution in [0.5, 0.6) is 0 Å². The Kier molecular flexibility index (Phi) is 6.11. The molecule has 0 saturated heterocycles. The first-order chi connectivity index (χ1) is 13.5. The number of hydrogen-bond acceptors (Lipinski definition) is 4. The summed E-state index contributed by atoms with van der Waals surface area (Å²) in [5.41, 5.74) is -0.999. The summed E-state index contributed by atoms with van der Waals surface area (Å²) in [5.74, 6) is -0.539. The molecule has 28 heavy (non-hydrogen) atoms. The van der Waals surface area contributed by atoms with Crippen LogP contribution in [0.3, 0.4) is 0 Å². The predicted molar refractivity (Wildman–Crippen MR) is 108 cm³/mol. The number of carbonyl (C=O) groups is 2. The summed E-state index contributed by atoms with van der Waals surface area (Å²) in [6.07, 6.45) is 5.96. The quantitative estimate of drug-likeness (QED) is 0.747. The Labute approximate surface area is 164 Å². The van der Waals surface area contributed by atoms with E-state index in [4.69, 9.17) is 0 Å². The number of amides is 2. The van der Waals surface area contributed by atoms with Gasteiger partial charge in [0.25, 0.3) is 11.5 Å². The van der Waals surface area contributed by atoms with Crippen LogP contribution in [-0.4, -0.2) is 33.7 Å². The lowest BCUT2D eigenvalue weighted by Crippen LogP contribution is -2.60. The molecule has 0 bridgehead atoms. The van der Waals surface area contributed by atoms with Gasteiger partial charge in [0, 0.05) is 19.0 Å². The van der Waals surface area contributed by atoms with Crippen LogP contribution in [0.25, 0.3) is 10.8 Å². The number of aromatic nitrogens is 2. The van der Waals surface area contributed by atoms with Crippen molar-refractivity contribution in [1.82, 2.24) is 20.4 Å². The molecular formula is C21H28N4O3. The van der Waals surface area contributed by atoms with Crippen LogP contribution < -0.4 is 16.2 Å². The monoisotopic (exact) mass is 384 g/mol. The summed E-state index contributed by atoms with van der Waals surface area (Å²) >= 11 is 0. The van der Waals surface area contributed by atoms with E-state index in [1.807, 2.05) is 0 Å². The minimum Gasteiger partial charge on any atom is -0.354 e. The smallest absolute Gasteiger partial charge is 0.274 e. The van der Waals surface area contributed by atoms with Crippen LogP contribution in [0, 0.1) is 0 Å². The molecule has 7 nitrogen and oxygen atoms in total. The predicted octanol–water partition coefficient (Wildman–Crippen LogP) is 2.28. The molecule has 1 aromatic heterocycles. The number of nitrogens with one attached hydrogen (secondary N) is 2. The fourth-order valence-electron chi connectivity index (χ4n) is 3.86. The highest BCUT2D eigenvalue weighted by Gasteiger charge is 2.41. The Morgan fingerprint density at radius 1 is 1.14 bits per heavy atom. The van der Waals surface area contributed by atoms with E-state index in [1.165, 1.54) is 11.7 Å². The third-order valence-electron chi connectivity index (χ3n) is 5.48. The molecule has 1 saturated carbocycles. The van der Waals surface area contributed by atoms with Gasteiger partial charge in [-0.25, -0.2) is 4.68 Å². The Morgan fingerprint density at radius 3 is 2.50 bits per heavy atom. The average Bonchev–Trinajstić information content (AvgIpc) is 2.71. The third-order valence-corrected chi connectivity index (χ3v) is 5.48. The maximum atomic E-state index is 13.2. The Hall–Kier alpha value is -2.70. The Balaban J connectivity index is 1.93. The van der Waals surface area contributed by atoms with E-state index in [9.17, 15) is 14.4 Å². The molecule has 1 aliphatic rings. The number of carbonyl (C=O) groups excluding carboxylic acids is 2. The van der Waals surface area contributed by atoms with Crippen molar-refractivity contribution in [3.8, 4) is 0 Å². The summed E-state index contributed by atoms with van der Waals surface area (Å²) in [7, 11) is 1.53. The van der Waals surface area contributed by atoms with E-state index < -0.39 is 11.4 Å². The lowest BCUT2D eigenvalue weighted by Gasteiger charge is -2.36. The highest BCUT2D eigenvalue weighted by molar-refractivity contribution is 6.06. The number of rotatable bonds is 6. The van der Waals surface area contributed by atoms with E-state index in [-0.39, 0.29) is 17.2 Å². The molecule has 1 fully saturated rings. The van der Waals surface area contributed by atoms with Gasteiger partial charge in [-0.05, 0) is 25.3 Å². The van der Waals surface area contributed by atoms with Crippen molar-refractivity contribution < 1.29 is 9.59 Å². The largest absolute Gasteiger partial charge is 0.354 e. The normalized spacial score (nSPS) is 15.9. The van der Waals surface area contributed by atoms with Crippen molar-refractivity contribution in [2.24, 2.45) is 7.05 Å². The Bertz CT molecular complexity index is 929. The second-order valence-electron chi connectivity index (χ2n) is 7.53. The van der Waals surface area contributed by atoms with E-state index >= 15 is 0 Å². The molecule has 7 heteroatoms. The molecule has 0 spiro atoms. The van der Waals surface area contributed by atoms with E-state index in [1.54, 1.807) is 24.3 Å². The van der Waals surface area contributed by atoms with Crippen molar-refractivity contribution in [2.45, 2.75) is 57.4 Å². The minimum atomic E-state index is -0.916. The topological polar surface area (TPSA) is 93.1 Å². The van der Waals surface area contributed by atoms with Crippen molar-refractivity contribution in [3.63, 3.8) is 0 Å². The zero-order chi connectivity index (χ0) is 20.1. The maximum absolute atomic E-state index is 13.2. The number of nitrogens with zero attached hydrogens (tertiary/aromatic N) is 2. The molecule has 0 aliphatic heterocycles. The van der Waals surface area contributed by atoms with Gasteiger partial charge in [-0.1, -0.05) is 50.8 Å². The lowest BCUT2D eigenvalue weighted by molar-refractivity contribution is -0.128. The molecule has 0 unspecified atom stereocenters. The first-order valence-electron chi connectivity index (χ1n) is 10.1. The van der Waals surface area contributed by atoms with Crippen LogP contribution in [0.4, 0.5) is 0 Å². The Morgan fingerprint density at radius 2 is 1.82 bits per heavy atom. The third kappa shape index (κ3) is 3.93. The molecule has 3 rings (SSSR count). The summed E-state index contributed by atoms with van der Waals surface area (Å²) in [5, 5.41) is 11.1. The van der Waals surface area contributed by atoms with Crippen molar-refractivity contribution in [3.05, 3.63) is 40.3 Å². The summed E-state index contributed by atoms with van der Waals surface area (Å²) in [6.45, 7) is 2.68. The number of benzene rings is 1. The number of hydrogen-bond donors (Lipinski definition) is 2. The van der Waals surface area contributed by atoms with Crippen LogP contribution in [0.2, 0.25) is 0 Å². The average molecular weight is 384 g/mol. The molecule has 2 N–H and O–H groups in total. The molecular weight excluding hydrogens is 356 g/mol. The van der Waals surface area contributed by atoms with Gasteiger partial charge in [0.15, 0.2) is 5.69 Å². The van der Waals surface area contributed by atoms with Gasteiger partial charge in [-0.15, -0.1) is 0 Å². The summed E-state index contributed by atoms with van der Waals surface area (Å²) < 4.78 is 1.17. The number of unbranched alkanes of at least 4 members (excludes halogenated alkanes) is 1. The molecule has 1 heterocycles. The van der Waals surface area contributed by atoms with Gasteiger partial charge in [0.05, 0.1) is 5.39 Å². The van der Waals surface area contributed by atoms with Gasteiger partial charge >= 0.3 is 0 Å². The number of fused-ring (bicyclic) bond motifs is 1. The highest BCUT2D eigenvalue weighted by Crippen LogP contribution is 2.29. The summed E-state index contributed by atoms with van der Waals surface area (Å²) in [4.78, 5) is 38.4. The minimum absolute atomic E-state index is 0.122. The fraction of sp³-hybridized carbons (Fsp3) is 0.524. The van der Waals surface area contributed by atoms with Gasteiger partial charge in [0.2, 0.25) is 5.91 Å². The maximum Gasteiger partial charge on any atom is 0.274 e. The SMILES string of the molecule is CCCCNC(=O)C1(NC(=O)c2nn(C)c(=O)c3ccccc23)CCCCC1. The molecule has 150 valence electrons. The fourth-order valence-corrected chi connectivity index (χ4v) is 3.86. The van der Waals surface area contributed by atoms with Crippen molar-refractivity contribution in [2.75, 3.05) is 6.54 Å². The van der Waals surface area contributed by atoms with Crippen LogP contribution >= 0.6 is 0 Å². The first-order valence-corrected chi connectivity index (χ1v) is 10.1. The van der Waals surface area contributed by atoms with Crippen LogP contribution in [0.1, 0.15) is 62.4 Å². The lowest BCUT2D eigenvalue weighted by atomic mass is 9.80. The van der Waals surface area contributed by atoms with Crippen molar-refractivity contribution in [1.29, 1.82) is 0 Å². The second-order valence-corrected chi connectivity index (χ2v) is 7.53.